The van der Waals surface area contributed by atoms with Crippen LogP contribution in [0.4, 0.5) is 0 Å². The molecule has 1 unspecified atom stereocenters. The highest BCUT2D eigenvalue weighted by atomic mass is 16.3. The number of rotatable bonds is 8. The molecular weight excluding hydrogens is 252 g/mol. The molecule has 1 saturated carbocycles. The van der Waals surface area contributed by atoms with Crippen LogP contribution >= 0.6 is 0 Å². The van der Waals surface area contributed by atoms with E-state index < -0.39 is 0 Å². The zero-order valence-electron chi connectivity index (χ0n) is 13.4. The Morgan fingerprint density at radius 2 is 1.90 bits per heavy atom. The van der Waals surface area contributed by atoms with E-state index in [1.54, 1.807) is 0 Å². The third-order valence-electron chi connectivity index (χ3n) is 4.30. The molecule has 0 radical (unpaired) electrons. The van der Waals surface area contributed by atoms with Crippen LogP contribution in [0.2, 0.25) is 0 Å². The Hall–Kier alpha value is -0.610. The minimum Gasteiger partial charge on any atom is -0.395 e. The van der Waals surface area contributed by atoms with Gasteiger partial charge in [0.1, 0.15) is 0 Å². The smallest absolute Gasteiger partial charge is 0.237 e. The highest BCUT2D eigenvalue weighted by Crippen LogP contribution is 2.24. The molecule has 0 aliphatic heterocycles. The molecule has 1 amide bonds. The first-order chi connectivity index (χ1) is 9.56. The van der Waals surface area contributed by atoms with Gasteiger partial charge in [-0.1, -0.05) is 33.1 Å². The van der Waals surface area contributed by atoms with Crippen molar-refractivity contribution >= 4 is 5.91 Å². The molecule has 1 fully saturated rings. The maximum Gasteiger partial charge on any atom is 0.237 e. The van der Waals surface area contributed by atoms with Gasteiger partial charge < -0.3 is 10.4 Å². The molecular formula is C16H32N2O2. The largest absolute Gasteiger partial charge is 0.395 e. The normalized spacial score (nSPS) is 18.5. The Morgan fingerprint density at radius 3 is 2.45 bits per heavy atom. The topological polar surface area (TPSA) is 52.6 Å². The Bertz CT molecular complexity index is 276. The monoisotopic (exact) mass is 284 g/mol. The molecule has 0 aromatic heterocycles. The zero-order chi connectivity index (χ0) is 15.0. The Labute approximate surface area is 123 Å². The second-order valence-corrected chi connectivity index (χ2v) is 6.40. The summed E-state index contributed by atoms with van der Waals surface area (Å²) in [6, 6.07) is 0.319. The summed E-state index contributed by atoms with van der Waals surface area (Å²) < 4.78 is 0. The minimum atomic E-state index is -0.141. The number of amides is 1. The van der Waals surface area contributed by atoms with Crippen molar-refractivity contribution in [1.82, 2.24) is 10.2 Å². The van der Waals surface area contributed by atoms with Gasteiger partial charge in [0.05, 0.1) is 12.6 Å². The number of nitrogens with zero attached hydrogens (tertiary/aromatic N) is 1. The summed E-state index contributed by atoms with van der Waals surface area (Å²) in [6.45, 7) is 7.77. The molecule has 118 valence electrons. The first kappa shape index (κ1) is 17.4. The van der Waals surface area contributed by atoms with E-state index >= 15 is 0 Å². The Kier molecular flexibility index (Phi) is 8.15. The van der Waals surface area contributed by atoms with Crippen LogP contribution in [0.3, 0.4) is 0 Å². The van der Waals surface area contributed by atoms with Crippen LogP contribution < -0.4 is 5.32 Å². The van der Waals surface area contributed by atoms with Gasteiger partial charge in [0, 0.05) is 19.1 Å². The highest BCUT2D eigenvalue weighted by molar-refractivity contribution is 5.81. The van der Waals surface area contributed by atoms with Crippen LogP contribution in [0.5, 0.6) is 0 Å². The second-order valence-electron chi connectivity index (χ2n) is 6.40. The van der Waals surface area contributed by atoms with Crippen molar-refractivity contribution in [3.8, 4) is 0 Å². The van der Waals surface area contributed by atoms with Gasteiger partial charge in [-0.15, -0.1) is 0 Å². The molecule has 2 N–H and O–H groups in total. The van der Waals surface area contributed by atoms with Gasteiger partial charge in [-0.2, -0.15) is 0 Å². The van der Waals surface area contributed by atoms with E-state index in [1.807, 2.05) is 6.92 Å². The number of carbonyl (C=O) groups is 1. The van der Waals surface area contributed by atoms with Gasteiger partial charge in [-0.25, -0.2) is 0 Å². The molecule has 1 aliphatic rings. The van der Waals surface area contributed by atoms with Crippen molar-refractivity contribution in [2.75, 3.05) is 19.7 Å². The molecule has 0 aromatic carbocycles. The van der Waals surface area contributed by atoms with Crippen LogP contribution in [0.15, 0.2) is 0 Å². The molecule has 0 spiro atoms. The van der Waals surface area contributed by atoms with E-state index in [1.165, 1.54) is 19.3 Å². The van der Waals surface area contributed by atoms with Gasteiger partial charge in [-0.3, -0.25) is 9.69 Å². The summed E-state index contributed by atoms with van der Waals surface area (Å²) in [5.41, 5.74) is 0. The number of hydrogen-bond donors (Lipinski definition) is 2. The number of carbonyl (C=O) groups excluding carboxylic acids is 1. The van der Waals surface area contributed by atoms with Crippen molar-refractivity contribution in [3.05, 3.63) is 0 Å². The van der Waals surface area contributed by atoms with Gasteiger partial charge in [0.2, 0.25) is 5.91 Å². The van der Waals surface area contributed by atoms with Crippen LogP contribution in [-0.2, 0) is 4.79 Å². The zero-order valence-corrected chi connectivity index (χ0v) is 13.4. The molecule has 0 aromatic rings. The first-order valence-corrected chi connectivity index (χ1v) is 8.20. The van der Waals surface area contributed by atoms with Crippen LogP contribution in [0.25, 0.3) is 0 Å². The summed E-state index contributed by atoms with van der Waals surface area (Å²) in [7, 11) is 0. The molecule has 1 atom stereocenters. The number of aliphatic hydroxyl groups is 1. The van der Waals surface area contributed by atoms with Crippen molar-refractivity contribution in [3.63, 3.8) is 0 Å². The summed E-state index contributed by atoms with van der Waals surface area (Å²) in [5.74, 6) is 0.710. The molecule has 0 saturated heterocycles. The van der Waals surface area contributed by atoms with Crippen LogP contribution in [0, 0.1) is 5.92 Å². The fourth-order valence-corrected chi connectivity index (χ4v) is 3.00. The van der Waals surface area contributed by atoms with Crippen molar-refractivity contribution in [2.24, 2.45) is 5.92 Å². The predicted octanol–water partition coefficient (Wildman–Crippen LogP) is 2.16. The molecule has 20 heavy (non-hydrogen) atoms. The molecule has 1 rings (SSSR count). The lowest BCUT2D eigenvalue weighted by Crippen LogP contribution is -2.51. The quantitative estimate of drug-likeness (QED) is 0.718. The average molecular weight is 284 g/mol. The lowest BCUT2D eigenvalue weighted by molar-refractivity contribution is -0.127. The van der Waals surface area contributed by atoms with E-state index in [-0.39, 0.29) is 18.6 Å². The maximum absolute atomic E-state index is 12.2. The summed E-state index contributed by atoms with van der Waals surface area (Å²) in [5, 5.41) is 12.3. The van der Waals surface area contributed by atoms with Gasteiger partial charge >= 0.3 is 0 Å². The van der Waals surface area contributed by atoms with Crippen molar-refractivity contribution in [2.45, 2.75) is 71.4 Å². The predicted molar refractivity (Wildman–Crippen MR) is 82.6 cm³/mol. The van der Waals surface area contributed by atoms with Gasteiger partial charge in [-0.05, 0) is 32.1 Å². The lowest BCUT2D eigenvalue weighted by Gasteiger charge is -2.37. The van der Waals surface area contributed by atoms with E-state index in [0.717, 1.165) is 25.8 Å². The molecule has 0 bridgehead atoms. The molecule has 0 heterocycles. The molecule has 4 nitrogen and oxygen atoms in total. The summed E-state index contributed by atoms with van der Waals surface area (Å²) in [6.07, 6.45) is 7.12. The fourth-order valence-electron chi connectivity index (χ4n) is 3.00. The van der Waals surface area contributed by atoms with Crippen LogP contribution in [-0.4, -0.2) is 47.7 Å². The minimum absolute atomic E-state index is 0.102. The van der Waals surface area contributed by atoms with Crippen LogP contribution in [0.1, 0.15) is 59.3 Å². The second kappa shape index (κ2) is 9.35. The highest BCUT2D eigenvalue weighted by Gasteiger charge is 2.28. The number of nitrogens with one attached hydrogen (secondary N) is 1. The Morgan fingerprint density at radius 1 is 1.25 bits per heavy atom. The maximum atomic E-state index is 12.2. The fraction of sp³-hybridized carbons (Fsp3) is 0.938. The molecule has 4 heteroatoms. The number of aliphatic hydroxyl groups excluding tert-OH is 1. The summed E-state index contributed by atoms with van der Waals surface area (Å²) in [4.78, 5) is 14.4. The third kappa shape index (κ3) is 5.80. The van der Waals surface area contributed by atoms with Gasteiger partial charge in [0.25, 0.3) is 0 Å². The summed E-state index contributed by atoms with van der Waals surface area (Å²) >= 11 is 0. The lowest BCUT2D eigenvalue weighted by atomic mass is 9.93. The number of hydrogen-bond acceptors (Lipinski definition) is 3. The third-order valence-corrected chi connectivity index (χ3v) is 4.30. The van der Waals surface area contributed by atoms with E-state index in [0.29, 0.717) is 18.5 Å². The Balaban J connectivity index is 2.48. The standard InChI is InChI=1S/C16H32N2O2/c1-13(2)9-10-17-16(20)14(3)18(11-12-19)15-7-5-4-6-8-15/h13-15,19H,4-12H2,1-3H3,(H,17,20). The SMILES string of the molecule is CC(C)CCNC(=O)C(C)N(CCO)C1CCCCC1. The van der Waals surface area contributed by atoms with E-state index in [9.17, 15) is 9.90 Å². The van der Waals surface area contributed by atoms with Crippen molar-refractivity contribution in [1.29, 1.82) is 0 Å². The van der Waals surface area contributed by atoms with Gasteiger partial charge in [0.15, 0.2) is 0 Å². The first-order valence-electron chi connectivity index (χ1n) is 8.20. The average Bonchev–Trinajstić information content (AvgIpc) is 2.44. The molecule has 1 aliphatic carbocycles. The van der Waals surface area contributed by atoms with E-state index in [4.69, 9.17) is 0 Å². The van der Waals surface area contributed by atoms with E-state index in [2.05, 4.69) is 24.1 Å². The van der Waals surface area contributed by atoms with Crippen molar-refractivity contribution < 1.29 is 9.90 Å².